The smallest absolute Gasteiger partial charge is 0.163 e. The molecule has 0 amide bonds. The van der Waals surface area contributed by atoms with Crippen LogP contribution in [0.25, 0.3) is 11.0 Å². The number of nitrogens with zero attached hydrogens (tertiary/aromatic N) is 4. The Kier molecular flexibility index (Phi) is 3.20. The molecule has 7 nitrogen and oxygen atoms in total. The van der Waals surface area contributed by atoms with Gasteiger partial charge in [0, 0.05) is 19.8 Å². The van der Waals surface area contributed by atoms with Crippen LogP contribution in [-0.2, 0) is 16.9 Å². The standard InChI is InChI=1S/C10H15N5O2S/c1-7-13-9(11-4-5-18(3,16)17)8-6-12-15(2)10(8)14-7/h6H,4-5H2,1-3H3,(H,11,13,14). The second-order valence-electron chi connectivity index (χ2n) is 4.18. The van der Waals surface area contributed by atoms with Gasteiger partial charge < -0.3 is 5.32 Å². The van der Waals surface area contributed by atoms with Gasteiger partial charge in [-0.15, -0.1) is 0 Å². The normalized spacial score (nSPS) is 11.9. The molecule has 0 unspecified atom stereocenters. The van der Waals surface area contributed by atoms with Crippen LogP contribution in [-0.4, -0.2) is 46.7 Å². The van der Waals surface area contributed by atoms with Crippen LogP contribution in [0, 0.1) is 6.92 Å². The maximum absolute atomic E-state index is 11.1. The van der Waals surface area contributed by atoms with Gasteiger partial charge in [-0.1, -0.05) is 0 Å². The topological polar surface area (TPSA) is 89.8 Å². The summed E-state index contributed by atoms with van der Waals surface area (Å²) in [6.07, 6.45) is 2.87. The fraction of sp³-hybridized carbons (Fsp3) is 0.500. The molecular weight excluding hydrogens is 254 g/mol. The van der Waals surface area contributed by atoms with Gasteiger partial charge >= 0.3 is 0 Å². The quantitative estimate of drug-likeness (QED) is 0.848. The van der Waals surface area contributed by atoms with Crippen LogP contribution in [0.1, 0.15) is 5.82 Å². The lowest BCUT2D eigenvalue weighted by atomic mass is 10.4. The summed E-state index contributed by atoms with van der Waals surface area (Å²) in [6.45, 7) is 2.10. The van der Waals surface area contributed by atoms with E-state index in [2.05, 4.69) is 20.4 Å². The Balaban J connectivity index is 2.27. The van der Waals surface area contributed by atoms with Gasteiger partial charge in [-0.3, -0.25) is 4.68 Å². The predicted octanol–water partition coefficient (Wildman–Crippen LogP) is 0.128. The maximum Gasteiger partial charge on any atom is 0.163 e. The van der Waals surface area contributed by atoms with Gasteiger partial charge in [0.1, 0.15) is 21.5 Å². The van der Waals surface area contributed by atoms with Crippen molar-refractivity contribution in [3.8, 4) is 0 Å². The first-order valence-corrected chi connectivity index (χ1v) is 7.51. The third-order valence-corrected chi connectivity index (χ3v) is 3.41. The van der Waals surface area contributed by atoms with Crippen molar-refractivity contribution < 1.29 is 8.42 Å². The highest BCUT2D eigenvalue weighted by molar-refractivity contribution is 7.90. The summed E-state index contributed by atoms with van der Waals surface area (Å²) in [5, 5.41) is 7.91. The molecule has 1 N–H and O–H groups in total. The highest BCUT2D eigenvalue weighted by Gasteiger charge is 2.10. The first kappa shape index (κ1) is 12.7. The SMILES string of the molecule is Cc1nc(NCCS(C)(=O)=O)c2cnn(C)c2n1. The first-order chi connectivity index (χ1) is 8.37. The number of anilines is 1. The zero-order valence-corrected chi connectivity index (χ0v) is 11.3. The molecule has 0 atom stereocenters. The minimum atomic E-state index is -2.98. The number of hydrogen-bond acceptors (Lipinski definition) is 6. The van der Waals surface area contributed by atoms with E-state index in [9.17, 15) is 8.42 Å². The number of aryl methyl sites for hydroxylation is 2. The van der Waals surface area contributed by atoms with Crippen molar-refractivity contribution in [3.05, 3.63) is 12.0 Å². The molecule has 0 saturated carbocycles. The van der Waals surface area contributed by atoms with Crippen molar-refractivity contribution >= 4 is 26.7 Å². The zero-order chi connectivity index (χ0) is 13.3. The zero-order valence-electron chi connectivity index (χ0n) is 10.5. The predicted molar refractivity (Wildman–Crippen MR) is 69.2 cm³/mol. The minimum Gasteiger partial charge on any atom is -0.368 e. The number of nitrogens with one attached hydrogen (secondary N) is 1. The molecule has 2 aromatic rings. The summed E-state index contributed by atoms with van der Waals surface area (Å²) < 4.78 is 23.8. The second-order valence-corrected chi connectivity index (χ2v) is 6.44. The van der Waals surface area contributed by atoms with Gasteiger partial charge in [0.15, 0.2) is 5.65 Å². The largest absolute Gasteiger partial charge is 0.368 e. The Labute approximate surface area is 105 Å². The van der Waals surface area contributed by atoms with Gasteiger partial charge in [0.25, 0.3) is 0 Å². The lowest BCUT2D eigenvalue weighted by Crippen LogP contribution is -2.15. The average molecular weight is 269 g/mol. The van der Waals surface area contributed by atoms with E-state index in [1.807, 2.05) is 0 Å². The Morgan fingerprint density at radius 3 is 2.78 bits per heavy atom. The van der Waals surface area contributed by atoms with Crippen LogP contribution in [0.5, 0.6) is 0 Å². The molecule has 2 aromatic heterocycles. The van der Waals surface area contributed by atoms with E-state index in [0.29, 0.717) is 18.2 Å². The van der Waals surface area contributed by atoms with Crippen molar-refractivity contribution in [1.29, 1.82) is 0 Å². The van der Waals surface area contributed by atoms with Crippen molar-refractivity contribution in [2.24, 2.45) is 7.05 Å². The van der Waals surface area contributed by atoms with E-state index < -0.39 is 9.84 Å². The third kappa shape index (κ3) is 2.76. The molecule has 0 fully saturated rings. The van der Waals surface area contributed by atoms with Crippen LogP contribution < -0.4 is 5.32 Å². The lowest BCUT2D eigenvalue weighted by molar-refractivity contribution is 0.602. The summed E-state index contributed by atoms with van der Waals surface area (Å²) in [5.41, 5.74) is 0.726. The van der Waals surface area contributed by atoms with Gasteiger partial charge in [-0.25, -0.2) is 18.4 Å². The number of aromatic nitrogens is 4. The third-order valence-electron chi connectivity index (χ3n) is 2.47. The molecule has 0 spiro atoms. The first-order valence-electron chi connectivity index (χ1n) is 5.45. The molecule has 18 heavy (non-hydrogen) atoms. The molecule has 0 bridgehead atoms. The van der Waals surface area contributed by atoms with Gasteiger partial charge in [-0.2, -0.15) is 5.10 Å². The maximum atomic E-state index is 11.1. The number of rotatable bonds is 4. The number of hydrogen-bond donors (Lipinski definition) is 1. The van der Waals surface area contributed by atoms with E-state index >= 15 is 0 Å². The van der Waals surface area contributed by atoms with E-state index in [1.54, 1.807) is 24.9 Å². The second kappa shape index (κ2) is 4.52. The van der Waals surface area contributed by atoms with Crippen molar-refractivity contribution in [3.63, 3.8) is 0 Å². The molecule has 2 rings (SSSR count). The monoisotopic (exact) mass is 269 g/mol. The molecule has 2 heterocycles. The summed E-state index contributed by atoms with van der Waals surface area (Å²) in [6, 6.07) is 0. The van der Waals surface area contributed by atoms with Crippen molar-refractivity contribution in [2.45, 2.75) is 6.92 Å². The molecule has 0 aromatic carbocycles. The molecule has 0 aliphatic heterocycles. The Hall–Kier alpha value is -1.70. The van der Waals surface area contributed by atoms with Crippen LogP contribution in [0.4, 0.5) is 5.82 Å². The van der Waals surface area contributed by atoms with Crippen LogP contribution >= 0.6 is 0 Å². The fourth-order valence-electron chi connectivity index (χ4n) is 1.62. The molecule has 98 valence electrons. The minimum absolute atomic E-state index is 0.0673. The summed E-state index contributed by atoms with van der Waals surface area (Å²) in [7, 11) is -1.18. The van der Waals surface area contributed by atoms with Crippen molar-refractivity contribution in [1.82, 2.24) is 19.7 Å². The molecule has 0 aliphatic rings. The average Bonchev–Trinajstić information content (AvgIpc) is 2.59. The van der Waals surface area contributed by atoms with Crippen molar-refractivity contribution in [2.75, 3.05) is 23.9 Å². The van der Waals surface area contributed by atoms with E-state index in [0.717, 1.165) is 11.0 Å². The summed E-state index contributed by atoms with van der Waals surface area (Å²) in [4.78, 5) is 8.55. The molecular formula is C10H15N5O2S. The Morgan fingerprint density at radius 2 is 2.11 bits per heavy atom. The van der Waals surface area contributed by atoms with Gasteiger partial charge in [0.05, 0.1) is 17.3 Å². The lowest BCUT2D eigenvalue weighted by Gasteiger charge is -2.06. The highest BCUT2D eigenvalue weighted by Crippen LogP contribution is 2.18. The Morgan fingerprint density at radius 1 is 1.39 bits per heavy atom. The molecule has 0 aliphatic carbocycles. The van der Waals surface area contributed by atoms with E-state index in [1.165, 1.54) is 6.26 Å². The Bertz CT molecular complexity index is 677. The fourth-order valence-corrected chi connectivity index (χ4v) is 2.09. The van der Waals surface area contributed by atoms with Crippen LogP contribution in [0.3, 0.4) is 0 Å². The number of fused-ring (bicyclic) bond motifs is 1. The number of sulfone groups is 1. The van der Waals surface area contributed by atoms with Crippen LogP contribution in [0.15, 0.2) is 6.20 Å². The van der Waals surface area contributed by atoms with E-state index in [-0.39, 0.29) is 5.75 Å². The van der Waals surface area contributed by atoms with Gasteiger partial charge in [-0.05, 0) is 6.92 Å². The van der Waals surface area contributed by atoms with Crippen LogP contribution in [0.2, 0.25) is 0 Å². The van der Waals surface area contributed by atoms with E-state index in [4.69, 9.17) is 0 Å². The summed E-state index contributed by atoms with van der Waals surface area (Å²) in [5.74, 6) is 1.31. The molecule has 8 heteroatoms. The molecule has 0 radical (unpaired) electrons. The molecule has 0 saturated heterocycles. The van der Waals surface area contributed by atoms with Gasteiger partial charge in [0.2, 0.25) is 0 Å². The highest BCUT2D eigenvalue weighted by atomic mass is 32.2. The summed E-state index contributed by atoms with van der Waals surface area (Å²) >= 11 is 0.